The van der Waals surface area contributed by atoms with Gasteiger partial charge >= 0.3 is 5.97 Å². The molecule has 0 fully saturated rings. The third-order valence-electron chi connectivity index (χ3n) is 3.01. The van der Waals surface area contributed by atoms with E-state index in [0.717, 1.165) is 17.7 Å². The summed E-state index contributed by atoms with van der Waals surface area (Å²) in [6.07, 6.45) is 3.79. The summed E-state index contributed by atoms with van der Waals surface area (Å²) in [5.74, 6) is 0.512. The number of carbonyl (C=O) groups excluding carboxylic acids is 1. The lowest BCUT2D eigenvalue weighted by atomic mass is 10.1. The standard InChI is InChI=1S/C15H13NO3/c17-15(12-5-3-7-16-9-12)18-10-13-8-11-4-1-2-6-14(11)19-13/h1-7,9,13H,8,10H2/t13-/m1/s1. The van der Waals surface area contributed by atoms with Crippen LogP contribution in [-0.4, -0.2) is 23.7 Å². The van der Waals surface area contributed by atoms with Gasteiger partial charge in [-0.3, -0.25) is 4.98 Å². The van der Waals surface area contributed by atoms with Crippen LogP contribution in [-0.2, 0) is 11.2 Å². The van der Waals surface area contributed by atoms with Crippen molar-refractivity contribution in [3.63, 3.8) is 0 Å². The van der Waals surface area contributed by atoms with Crippen molar-refractivity contribution >= 4 is 5.97 Å². The Labute approximate surface area is 111 Å². The first-order chi connectivity index (χ1) is 9.33. The second-order valence-electron chi connectivity index (χ2n) is 4.39. The van der Waals surface area contributed by atoms with Crippen LogP contribution >= 0.6 is 0 Å². The summed E-state index contributed by atoms with van der Waals surface area (Å²) in [7, 11) is 0. The number of aromatic nitrogens is 1. The molecule has 1 atom stereocenters. The van der Waals surface area contributed by atoms with Gasteiger partial charge in [-0.25, -0.2) is 4.79 Å². The zero-order chi connectivity index (χ0) is 13.1. The van der Waals surface area contributed by atoms with Crippen LogP contribution in [0.15, 0.2) is 48.8 Å². The predicted octanol–water partition coefficient (Wildman–Crippen LogP) is 2.24. The Balaban J connectivity index is 1.56. The van der Waals surface area contributed by atoms with E-state index in [0.29, 0.717) is 5.56 Å². The molecule has 19 heavy (non-hydrogen) atoms. The smallest absolute Gasteiger partial charge is 0.339 e. The summed E-state index contributed by atoms with van der Waals surface area (Å²) in [5.41, 5.74) is 1.61. The predicted molar refractivity (Wildman–Crippen MR) is 69.1 cm³/mol. The first kappa shape index (κ1) is 11.7. The van der Waals surface area contributed by atoms with E-state index in [1.807, 2.05) is 24.3 Å². The van der Waals surface area contributed by atoms with E-state index in [1.165, 1.54) is 6.20 Å². The van der Waals surface area contributed by atoms with E-state index in [-0.39, 0.29) is 18.7 Å². The molecular formula is C15H13NO3. The second kappa shape index (κ2) is 5.10. The molecular weight excluding hydrogens is 242 g/mol. The molecule has 2 heterocycles. The van der Waals surface area contributed by atoms with E-state index in [2.05, 4.69) is 4.98 Å². The van der Waals surface area contributed by atoms with Crippen molar-refractivity contribution < 1.29 is 14.3 Å². The Morgan fingerprint density at radius 2 is 2.21 bits per heavy atom. The summed E-state index contributed by atoms with van der Waals surface area (Å²) in [6.45, 7) is 0.252. The molecule has 1 aromatic carbocycles. The largest absolute Gasteiger partial charge is 0.486 e. The first-order valence-corrected chi connectivity index (χ1v) is 6.14. The number of para-hydroxylation sites is 1. The summed E-state index contributed by atoms with van der Waals surface area (Å²) in [4.78, 5) is 15.6. The number of ether oxygens (including phenoxy) is 2. The quantitative estimate of drug-likeness (QED) is 0.789. The summed E-state index contributed by atoms with van der Waals surface area (Å²) >= 11 is 0. The molecule has 96 valence electrons. The van der Waals surface area contributed by atoms with Crippen molar-refractivity contribution in [2.45, 2.75) is 12.5 Å². The molecule has 0 aliphatic carbocycles. The van der Waals surface area contributed by atoms with E-state index in [4.69, 9.17) is 9.47 Å². The number of fused-ring (bicyclic) bond motifs is 1. The number of esters is 1. The number of nitrogens with zero attached hydrogens (tertiary/aromatic N) is 1. The van der Waals surface area contributed by atoms with Crippen LogP contribution in [0.4, 0.5) is 0 Å². The minimum absolute atomic E-state index is 0.0991. The Hall–Kier alpha value is -2.36. The van der Waals surface area contributed by atoms with Crippen LogP contribution in [0.2, 0.25) is 0 Å². The molecule has 0 spiro atoms. The van der Waals surface area contributed by atoms with Crippen LogP contribution < -0.4 is 4.74 Å². The van der Waals surface area contributed by atoms with Gasteiger partial charge in [-0.1, -0.05) is 18.2 Å². The second-order valence-corrected chi connectivity index (χ2v) is 4.39. The number of benzene rings is 1. The first-order valence-electron chi connectivity index (χ1n) is 6.14. The molecule has 0 bridgehead atoms. The zero-order valence-electron chi connectivity index (χ0n) is 10.3. The summed E-state index contributed by atoms with van der Waals surface area (Å²) in [6, 6.07) is 11.3. The average Bonchev–Trinajstić information content (AvgIpc) is 2.88. The Kier molecular flexibility index (Phi) is 3.14. The highest BCUT2D eigenvalue weighted by molar-refractivity contribution is 5.88. The van der Waals surface area contributed by atoms with Crippen LogP contribution in [0, 0.1) is 0 Å². The van der Waals surface area contributed by atoms with E-state index >= 15 is 0 Å². The highest BCUT2D eigenvalue weighted by Gasteiger charge is 2.23. The molecule has 3 rings (SSSR count). The molecule has 4 heteroatoms. The van der Waals surface area contributed by atoms with Gasteiger partial charge in [0.1, 0.15) is 18.5 Å². The fourth-order valence-corrected chi connectivity index (χ4v) is 2.08. The number of hydrogen-bond donors (Lipinski definition) is 0. The third kappa shape index (κ3) is 2.57. The number of hydrogen-bond acceptors (Lipinski definition) is 4. The lowest BCUT2D eigenvalue weighted by Crippen LogP contribution is -2.22. The van der Waals surface area contributed by atoms with E-state index < -0.39 is 0 Å². The fourth-order valence-electron chi connectivity index (χ4n) is 2.08. The van der Waals surface area contributed by atoms with Crippen LogP contribution in [0.3, 0.4) is 0 Å². The number of pyridine rings is 1. The maximum atomic E-state index is 11.8. The van der Waals surface area contributed by atoms with Crippen molar-refractivity contribution in [1.29, 1.82) is 0 Å². The molecule has 0 amide bonds. The molecule has 0 unspecified atom stereocenters. The van der Waals surface area contributed by atoms with Gasteiger partial charge in [0.15, 0.2) is 0 Å². The lowest BCUT2D eigenvalue weighted by Gasteiger charge is -2.11. The van der Waals surface area contributed by atoms with Gasteiger partial charge in [0.05, 0.1) is 5.56 Å². The molecule has 1 aromatic heterocycles. The van der Waals surface area contributed by atoms with Gasteiger partial charge in [0.2, 0.25) is 0 Å². The Morgan fingerprint density at radius 3 is 3.00 bits per heavy atom. The Bertz CT molecular complexity index is 558. The summed E-state index contributed by atoms with van der Waals surface area (Å²) < 4.78 is 10.9. The monoisotopic (exact) mass is 255 g/mol. The highest BCUT2D eigenvalue weighted by atomic mass is 16.6. The molecule has 4 nitrogen and oxygen atoms in total. The number of rotatable bonds is 3. The highest BCUT2D eigenvalue weighted by Crippen LogP contribution is 2.28. The molecule has 0 saturated heterocycles. The Morgan fingerprint density at radius 1 is 1.32 bits per heavy atom. The SMILES string of the molecule is O=C(OC[C@H]1Cc2ccccc2O1)c1cccnc1. The minimum atomic E-state index is -0.368. The average molecular weight is 255 g/mol. The van der Waals surface area contributed by atoms with E-state index in [9.17, 15) is 4.79 Å². The maximum absolute atomic E-state index is 11.8. The van der Waals surface area contributed by atoms with Crippen molar-refractivity contribution in [1.82, 2.24) is 4.98 Å². The lowest BCUT2D eigenvalue weighted by molar-refractivity contribution is 0.0346. The molecule has 2 aromatic rings. The fraction of sp³-hybridized carbons (Fsp3) is 0.200. The van der Waals surface area contributed by atoms with Crippen molar-refractivity contribution in [3.8, 4) is 5.75 Å². The van der Waals surface area contributed by atoms with Crippen LogP contribution in [0.1, 0.15) is 15.9 Å². The minimum Gasteiger partial charge on any atom is -0.486 e. The van der Waals surface area contributed by atoms with Gasteiger partial charge in [0.25, 0.3) is 0 Å². The number of carbonyl (C=O) groups is 1. The van der Waals surface area contributed by atoms with Gasteiger partial charge in [-0.2, -0.15) is 0 Å². The van der Waals surface area contributed by atoms with Crippen LogP contribution in [0.25, 0.3) is 0 Å². The molecule has 1 aliphatic heterocycles. The molecule has 0 saturated carbocycles. The van der Waals surface area contributed by atoms with Gasteiger partial charge < -0.3 is 9.47 Å². The van der Waals surface area contributed by atoms with E-state index in [1.54, 1.807) is 18.3 Å². The third-order valence-corrected chi connectivity index (χ3v) is 3.01. The van der Waals surface area contributed by atoms with Crippen molar-refractivity contribution in [3.05, 3.63) is 59.9 Å². The topological polar surface area (TPSA) is 48.4 Å². The van der Waals surface area contributed by atoms with Gasteiger partial charge in [-0.05, 0) is 23.8 Å². The molecule has 0 radical (unpaired) electrons. The van der Waals surface area contributed by atoms with Crippen molar-refractivity contribution in [2.75, 3.05) is 6.61 Å². The zero-order valence-corrected chi connectivity index (χ0v) is 10.3. The molecule has 1 aliphatic rings. The van der Waals surface area contributed by atoms with Crippen LogP contribution in [0.5, 0.6) is 5.75 Å². The van der Waals surface area contributed by atoms with Crippen molar-refractivity contribution in [2.24, 2.45) is 0 Å². The summed E-state index contributed by atoms with van der Waals surface area (Å²) in [5, 5.41) is 0. The van der Waals surface area contributed by atoms with Gasteiger partial charge in [0, 0.05) is 18.8 Å². The molecule has 0 N–H and O–H groups in total. The maximum Gasteiger partial charge on any atom is 0.339 e. The normalized spacial score (nSPS) is 16.5. The van der Waals surface area contributed by atoms with Gasteiger partial charge in [-0.15, -0.1) is 0 Å².